The average Bonchev–Trinajstić information content (AvgIpc) is 3.06. The Balaban J connectivity index is 1.56. The molecule has 1 amide bonds. The topological polar surface area (TPSA) is 57.8 Å². The van der Waals surface area contributed by atoms with Gasteiger partial charge < -0.3 is 5.32 Å². The predicted molar refractivity (Wildman–Crippen MR) is 91.5 cm³/mol. The second kappa shape index (κ2) is 6.32. The summed E-state index contributed by atoms with van der Waals surface area (Å²) in [6.07, 6.45) is 4.10. The van der Waals surface area contributed by atoms with Crippen molar-refractivity contribution in [3.63, 3.8) is 0 Å². The summed E-state index contributed by atoms with van der Waals surface area (Å²) in [5.41, 5.74) is 3.04. The summed E-state index contributed by atoms with van der Waals surface area (Å²) in [5.74, 6) is 0.0479. The van der Waals surface area contributed by atoms with E-state index in [4.69, 9.17) is 0 Å². The first-order chi connectivity index (χ1) is 10.6. The van der Waals surface area contributed by atoms with E-state index < -0.39 is 0 Å². The highest BCUT2D eigenvalue weighted by Gasteiger charge is 2.08. The monoisotopic (exact) mass is 313 g/mol. The standard InChI is InChI=1S/C17H19N3OS/c1-11-9-13(12(2)22-11)5-4-8-16(21)19-15-7-3-6-14-10-18-20-17(14)15/h3,6-7,9-10H,4-5,8H2,1-2H3,(H,18,20)(H,19,21). The van der Waals surface area contributed by atoms with Crippen LogP contribution in [0.15, 0.2) is 30.5 Å². The summed E-state index contributed by atoms with van der Waals surface area (Å²) < 4.78 is 0. The number of carbonyl (C=O) groups is 1. The SMILES string of the molecule is Cc1cc(CCCC(=O)Nc2cccc3cn[nH]c23)c(C)s1. The Hall–Kier alpha value is -2.14. The quantitative estimate of drug-likeness (QED) is 0.741. The van der Waals surface area contributed by atoms with Gasteiger partial charge in [-0.1, -0.05) is 12.1 Å². The minimum atomic E-state index is 0.0479. The Kier molecular flexibility index (Phi) is 4.24. The number of aromatic nitrogens is 2. The highest BCUT2D eigenvalue weighted by molar-refractivity contribution is 7.12. The molecule has 1 aromatic carbocycles. The largest absolute Gasteiger partial charge is 0.324 e. The van der Waals surface area contributed by atoms with Gasteiger partial charge in [0.05, 0.1) is 17.4 Å². The minimum absolute atomic E-state index is 0.0479. The van der Waals surface area contributed by atoms with Crippen LogP contribution in [0.2, 0.25) is 0 Å². The lowest BCUT2D eigenvalue weighted by molar-refractivity contribution is -0.116. The Morgan fingerprint density at radius 2 is 2.23 bits per heavy atom. The third-order valence-electron chi connectivity index (χ3n) is 3.74. The fourth-order valence-electron chi connectivity index (χ4n) is 2.66. The molecule has 0 fully saturated rings. The molecule has 114 valence electrons. The maximum Gasteiger partial charge on any atom is 0.224 e. The van der Waals surface area contributed by atoms with Crippen molar-refractivity contribution in [3.05, 3.63) is 45.8 Å². The number of hydrogen-bond donors (Lipinski definition) is 2. The molecule has 4 nitrogen and oxygen atoms in total. The normalized spacial score (nSPS) is 11.0. The van der Waals surface area contributed by atoms with Crippen molar-refractivity contribution in [1.82, 2.24) is 10.2 Å². The summed E-state index contributed by atoms with van der Waals surface area (Å²) in [7, 11) is 0. The first-order valence-corrected chi connectivity index (χ1v) is 8.23. The zero-order valence-corrected chi connectivity index (χ0v) is 13.6. The number of anilines is 1. The number of thiophene rings is 1. The molecule has 0 saturated carbocycles. The maximum absolute atomic E-state index is 12.1. The number of nitrogens with one attached hydrogen (secondary N) is 2. The lowest BCUT2D eigenvalue weighted by Crippen LogP contribution is -2.11. The molecule has 0 aliphatic carbocycles. The van der Waals surface area contributed by atoms with Gasteiger partial charge in [0.2, 0.25) is 5.91 Å². The highest BCUT2D eigenvalue weighted by Crippen LogP contribution is 2.23. The van der Waals surface area contributed by atoms with Gasteiger partial charge in [-0.25, -0.2) is 0 Å². The first-order valence-electron chi connectivity index (χ1n) is 7.41. The van der Waals surface area contributed by atoms with Crippen molar-refractivity contribution in [1.29, 1.82) is 0 Å². The number of carbonyl (C=O) groups excluding carboxylic acids is 1. The molecule has 5 heteroatoms. The Labute approximate surface area is 133 Å². The number of benzene rings is 1. The number of fused-ring (bicyclic) bond motifs is 1. The van der Waals surface area contributed by atoms with Crippen LogP contribution in [-0.2, 0) is 11.2 Å². The summed E-state index contributed by atoms with van der Waals surface area (Å²) in [5, 5.41) is 10.9. The fourth-order valence-corrected chi connectivity index (χ4v) is 3.63. The van der Waals surface area contributed by atoms with E-state index >= 15 is 0 Å². The van der Waals surface area contributed by atoms with Gasteiger partial charge in [-0.15, -0.1) is 11.3 Å². The van der Waals surface area contributed by atoms with Gasteiger partial charge >= 0.3 is 0 Å². The fraction of sp³-hybridized carbons (Fsp3) is 0.294. The number of hydrogen-bond acceptors (Lipinski definition) is 3. The van der Waals surface area contributed by atoms with Crippen LogP contribution >= 0.6 is 11.3 Å². The molecule has 0 saturated heterocycles. The van der Waals surface area contributed by atoms with E-state index in [1.165, 1.54) is 15.3 Å². The Morgan fingerprint density at radius 3 is 3.00 bits per heavy atom. The average molecular weight is 313 g/mol. The number of aryl methyl sites for hydroxylation is 3. The molecule has 0 radical (unpaired) electrons. The summed E-state index contributed by atoms with van der Waals surface area (Å²) >= 11 is 1.82. The zero-order chi connectivity index (χ0) is 15.5. The van der Waals surface area contributed by atoms with Gasteiger partial charge in [0.25, 0.3) is 0 Å². The van der Waals surface area contributed by atoms with E-state index in [0.717, 1.165) is 29.4 Å². The second-order valence-corrected chi connectivity index (χ2v) is 6.94. The number of amides is 1. The summed E-state index contributed by atoms with van der Waals surface area (Å²) in [4.78, 5) is 14.8. The number of H-pyrrole nitrogens is 1. The van der Waals surface area contributed by atoms with Crippen molar-refractivity contribution in [2.75, 3.05) is 5.32 Å². The summed E-state index contributed by atoms with van der Waals surface area (Å²) in [6.45, 7) is 4.27. The van der Waals surface area contributed by atoms with E-state index in [9.17, 15) is 4.79 Å². The van der Waals surface area contributed by atoms with Crippen LogP contribution in [0.5, 0.6) is 0 Å². The van der Waals surface area contributed by atoms with Gasteiger partial charge in [0, 0.05) is 21.6 Å². The smallest absolute Gasteiger partial charge is 0.224 e. The second-order valence-electron chi connectivity index (χ2n) is 5.48. The van der Waals surface area contributed by atoms with Gasteiger partial charge in [0.1, 0.15) is 0 Å². The third-order valence-corrected chi connectivity index (χ3v) is 4.75. The van der Waals surface area contributed by atoms with E-state index in [0.29, 0.717) is 6.42 Å². The van der Waals surface area contributed by atoms with Gasteiger partial charge in [-0.3, -0.25) is 9.89 Å². The van der Waals surface area contributed by atoms with Crippen molar-refractivity contribution >= 4 is 33.8 Å². The van der Waals surface area contributed by atoms with Gasteiger partial charge in [-0.2, -0.15) is 5.10 Å². The molecule has 0 spiro atoms. The van der Waals surface area contributed by atoms with Crippen molar-refractivity contribution in [3.8, 4) is 0 Å². The molecule has 2 heterocycles. The van der Waals surface area contributed by atoms with Crippen LogP contribution in [0, 0.1) is 13.8 Å². The lowest BCUT2D eigenvalue weighted by atomic mass is 10.1. The molecule has 0 unspecified atom stereocenters. The Bertz CT molecular complexity index is 803. The first kappa shape index (κ1) is 14.8. The molecule has 0 aliphatic rings. The van der Waals surface area contributed by atoms with Gasteiger partial charge in [-0.05, 0) is 44.4 Å². The van der Waals surface area contributed by atoms with Crippen LogP contribution in [0.1, 0.15) is 28.2 Å². The van der Waals surface area contributed by atoms with E-state index in [2.05, 4.69) is 35.4 Å². The molecule has 0 bridgehead atoms. The van der Waals surface area contributed by atoms with Crippen LogP contribution < -0.4 is 5.32 Å². The van der Waals surface area contributed by atoms with Crippen molar-refractivity contribution < 1.29 is 4.79 Å². The van der Waals surface area contributed by atoms with Crippen molar-refractivity contribution in [2.24, 2.45) is 0 Å². The zero-order valence-electron chi connectivity index (χ0n) is 12.8. The van der Waals surface area contributed by atoms with Gasteiger partial charge in [0.15, 0.2) is 0 Å². The molecule has 22 heavy (non-hydrogen) atoms. The lowest BCUT2D eigenvalue weighted by Gasteiger charge is -2.06. The highest BCUT2D eigenvalue weighted by atomic mass is 32.1. The van der Waals surface area contributed by atoms with Crippen LogP contribution in [0.3, 0.4) is 0 Å². The Morgan fingerprint density at radius 1 is 1.36 bits per heavy atom. The molecular formula is C17H19N3OS. The number of nitrogens with zero attached hydrogens (tertiary/aromatic N) is 1. The van der Waals surface area contributed by atoms with E-state index in [-0.39, 0.29) is 5.91 Å². The van der Waals surface area contributed by atoms with Crippen LogP contribution in [-0.4, -0.2) is 16.1 Å². The predicted octanol–water partition coefficient (Wildman–Crippen LogP) is 4.20. The summed E-state index contributed by atoms with van der Waals surface area (Å²) in [6, 6.07) is 8.01. The molecule has 0 atom stereocenters. The third kappa shape index (κ3) is 3.20. The molecule has 2 aromatic heterocycles. The molecule has 3 rings (SSSR count). The van der Waals surface area contributed by atoms with Crippen LogP contribution in [0.25, 0.3) is 10.9 Å². The molecular weight excluding hydrogens is 294 g/mol. The minimum Gasteiger partial charge on any atom is -0.324 e. The van der Waals surface area contributed by atoms with E-state index in [1.807, 2.05) is 29.5 Å². The molecule has 0 aliphatic heterocycles. The van der Waals surface area contributed by atoms with Crippen molar-refractivity contribution in [2.45, 2.75) is 33.1 Å². The molecule has 2 N–H and O–H groups in total. The molecule has 3 aromatic rings. The number of aromatic amines is 1. The van der Waals surface area contributed by atoms with Crippen LogP contribution in [0.4, 0.5) is 5.69 Å². The number of rotatable bonds is 5. The van der Waals surface area contributed by atoms with E-state index in [1.54, 1.807) is 6.20 Å². The number of para-hydroxylation sites is 1. The maximum atomic E-state index is 12.1.